The summed E-state index contributed by atoms with van der Waals surface area (Å²) in [5.41, 5.74) is 3.14. The van der Waals surface area contributed by atoms with E-state index in [1.54, 1.807) is 18.0 Å². The second-order valence-corrected chi connectivity index (χ2v) is 6.24. The van der Waals surface area contributed by atoms with Crippen LogP contribution in [0.3, 0.4) is 0 Å². The molecular weight excluding hydrogens is 324 g/mol. The Morgan fingerprint density at radius 2 is 1.54 bits per heavy atom. The Morgan fingerprint density at radius 3 is 2.19 bits per heavy atom. The molecule has 0 aliphatic rings. The van der Waals surface area contributed by atoms with Crippen LogP contribution in [0.25, 0.3) is 0 Å². The zero-order valence-corrected chi connectivity index (χ0v) is 15.3. The van der Waals surface area contributed by atoms with Gasteiger partial charge >= 0.3 is 0 Å². The van der Waals surface area contributed by atoms with E-state index in [0.29, 0.717) is 18.2 Å². The van der Waals surface area contributed by atoms with Gasteiger partial charge in [0.05, 0.1) is 0 Å². The maximum absolute atomic E-state index is 12.8. The Balaban J connectivity index is 1.84. The van der Waals surface area contributed by atoms with E-state index >= 15 is 0 Å². The summed E-state index contributed by atoms with van der Waals surface area (Å²) in [7, 11) is 3.68. The third-order valence-electron chi connectivity index (χ3n) is 4.11. The van der Waals surface area contributed by atoms with Crippen molar-refractivity contribution in [2.45, 2.75) is 13.5 Å². The van der Waals surface area contributed by atoms with E-state index in [-0.39, 0.29) is 5.91 Å². The van der Waals surface area contributed by atoms with E-state index in [4.69, 9.17) is 0 Å². The van der Waals surface area contributed by atoms with E-state index in [1.807, 2.05) is 67.4 Å². The van der Waals surface area contributed by atoms with E-state index in [2.05, 4.69) is 22.1 Å². The smallest absolute Gasteiger partial charge is 0.276 e. The molecule has 1 aromatic heterocycles. The van der Waals surface area contributed by atoms with Gasteiger partial charge in [0, 0.05) is 32.0 Å². The Labute approximate surface area is 153 Å². The normalized spacial score (nSPS) is 10.4. The Kier molecular flexibility index (Phi) is 5.27. The summed E-state index contributed by atoms with van der Waals surface area (Å²) in [6.07, 6.45) is 0. The molecule has 3 aromatic rings. The number of nitrogens with zero attached hydrogens (tertiary/aromatic N) is 4. The first-order chi connectivity index (χ1) is 12.5. The van der Waals surface area contributed by atoms with Gasteiger partial charge in [-0.25, -0.2) is 9.97 Å². The molecule has 5 heteroatoms. The highest BCUT2D eigenvalue weighted by molar-refractivity contribution is 6.04. The minimum Gasteiger partial charge on any atom is -0.340 e. The molecule has 0 aliphatic carbocycles. The number of rotatable bonds is 5. The van der Waals surface area contributed by atoms with Crippen LogP contribution in [0.2, 0.25) is 0 Å². The molecule has 0 aliphatic heterocycles. The largest absolute Gasteiger partial charge is 0.340 e. The molecule has 0 fully saturated rings. The van der Waals surface area contributed by atoms with Crippen molar-refractivity contribution in [1.29, 1.82) is 0 Å². The molecule has 0 radical (unpaired) electrons. The lowest BCUT2D eigenvalue weighted by Crippen LogP contribution is -2.28. The molecule has 1 amide bonds. The molecule has 5 nitrogen and oxygen atoms in total. The van der Waals surface area contributed by atoms with Gasteiger partial charge in [-0.3, -0.25) is 4.79 Å². The van der Waals surface area contributed by atoms with Crippen LogP contribution in [-0.4, -0.2) is 30.0 Å². The van der Waals surface area contributed by atoms with E-state index in [9.17, 15) is 4.79 Å². The summed E-state index contributed by atoms with van der Waals surface area (Å²) in [6, 6.07) is 21.4. The van der Waals surface area contributed by atoms with Crippen molar-refractivity contribution in [2.24, 2.45) is 0 Å². The van der Waals surface area contributed by atoms with Gasteiger partial charge in [0.15, 0.2) is 0 Å². The quantitative estimate of drug-likeness (QED) is 0.707. The van der Waals surface area contributed by atoms with Crippen molar-refractivity contribution in [3.63, 3.8) is 0 Å². The van der Waals surface area contributed by atoms with E-state index < -0.39 is 0 Å². The first kappa shape index (κ1) is 17.6. The molecule has 1 heterocycles. The zero-order chi connectivity index (χ0) is 18.5. The van der Waals surface area contributed by atoms with E-state index in [1.165, 1.54) is 0 Å². The topological polar surface area (TPSA) is 49.3 Å². The molecule has 2 aromatic carbocycles. The van der Waals surface area contributed by atoms with Crippen LogP contribution >= 0.6 is 0 Å². The molecule has 26 heavy (non-hydrogen) atoms. The number of benzene rings is 2. The van der Waals surface area contributed by atoms with Gasteiger partial charge in [0.2, 0.25) is 5.95 Å². The summed E-state index contributed by atoms with van der Waals surface area (Å²) in [5, 5.41) is 0. The average molecular weight is 346 g/mol. The summed E-state index contributed by atoms with van der Waals surface area (Å²) < 4.78 is 0. The van der Waals surface area contributed by atoms with Crippen LogP contribution in [0.15, 0.2) is 66.7 Å². The number of carbonyl (C=O) groups is 1. The van der Waals surface area contributed by atoms with Crippen LogP contribution in [0.4, 0.5) is 11.6 Å². The van der Waals surface area contributed by atoms with Crippen LogP contribution < -0.4 is 9.80 Å². The van der Waals surface area contributed by atoms with Crippen molar-refractivity contribution < 1.29 is 4.79 Å². The lowest BCUT2D eigenvalue weighted by atomic mass is 10.2. The molecule has 0 saturated heterocycles. The van der Waals surface area contributed by atoms with Gasteiger partial charge in [0.1, 0.15) is 5.69 Å². The molecule has 0 bridgehead atoms. The van der Waals surface area contributed by atoms with Gasteiger partial charge in [-0.15, -0.1) is 0 Å². The van der Waals surface area contributed by atoms with E-state index in [0.717, 1.165) is 16.9 Å². The lowest BCUT2D eigenvalue weighted by Gasteiger charge is -2.20. The minimum atomic E-state index is -0.156. The van der Waals surface area contributed by atoms with Gasteiger partial charge in [-0.2, -0.15) is 0 Å². The van der Waals surface area contributed by atoms with Gasteiger partial charge < -0.3 is 9.80 Å². The molecule has 0 spiro atoms. The summed E-state index contributed by atoms with van der Waals surface area (Å²) in [4.78, 5) is 25.4. The molecule has 3 rings (SSSR count). The minimum absolute atomic E-state index is 0.156. The predicted molar refractivity (Wildman–Crippen MR) is 104 cm³/mol. The summed E-state index contributed by atoms with van der Waals surface area (Å²) in [5.74, 6) is 0.384. The number of hydrogen-bond donors (Lipinski definition) is 0. The van der Waals surface area contributed by atoms with Crippen molar-refractivity contribution in [3.8, 4) is 0 Å². The number of hydrogen-bond acceptors (Lipinski definition) is 4. The maximum atomic E-state index is 12.8. The van der Waals surface area contributed by atoms with Crippen LogP contribution in [-0.2, 0) is 6.54 Å². The van der Waals surface area contributed by atoms with Crippen molar-refractivity contribution in [1.82, 2.24) is 9.97 Å². The average Bonchev–Trinajstić information content (AvgIpc) is 2.67. The molecule has 0 unspecified atom stereocenters. The second kappa shape index (κ2) is 7.78. The highest BCUT2D eigenvalue weighted by Gasteiger charge is 2.18. The number of aryl methyl sites for hydroxylation is 1. The highest BCUT2D eigenvalue weighted by atomic mass is 16.2. The number of para-hydroxylation sites is 1. The van der Waals surface area contributed by atoms with Crippen LogP contribution in [0.1, 0.15) is 21.7 Å². The van der Waals surface area contributed by atoms with Crippen LogP contribution in [0.5, 0.6) is 0 Å². The number of carbonyl (C=O) groups excluding carboxylic acids is 1. The molecule has 0 atom stereocenters. The number of amides is 1. The molecule has 132 valence electrons. The molecular formula is C21H22N4O. The van der Waals surface area contributed by atoms with Crippen molar-refractivity contribution >= 4 is 17.5 Å². The maximum Gasteiger partial charge on any atom is 0.276 e. The van der Waals surface area contributed by atoms with Gasteiger partial charge in [-0.1, -0.05) is 48.5 Å². The fourth-order valence-corrected chi connectivity index (χ4v) is 2.70. The summed E-state index contributed by atoms with van der Waals surface area (Å²) in [6.45, 7) is 2.55. The number of aromatic nitrogens is 2. The van der Waals surface area contributed by atoms with Crippen molar-refractivity contribution in [2.75, 3.05) is 23.9 Å². The third kappa shape index (κ3) is 4.06. The zero-order valence-electron chi connectivity index (χ0n) is 15.3. The Bertz CT molecular complexity index is 881. The fraction of sp³-hybridized carbons (Fsp3) is 0.190. The SMILES string of the molecule is Cc1cc(C(=O)N(C)c2ccccc2)nc(N(C)Cc2ccccc2)n1. The summed E-state index contributed by atoms with van der Waals surface area (Å²) >= 11 is 0. The molecule has 0 N–H and O–H groups in total. The van der Waals surface area contributed by atoms with Crippen molar-refractivity contribution in [3.05, 3.63) is 83.7 Å². The Morgan fingerprint density at radius 1 is 0.923 bits per heavy atom. The fourth-order valence-electron chi connectivity index (χ4n) is 2.70. The highest BCUT2D eigenvalue weighted by Crippen LogP contribution is 2.17. The van der Waals surface area contributed by atoms with Crippen LogP contribution in [0, 0.1) is 6.92 Å². The third-order valence-corrected chi connectivity index (χ3v) is 4.11. The standard InChI is InChI=1S/C21H22N4O/c1-16-14-19(20(26)25(3)18-12-8-5-9-13-18)23-21(22-16)24(2)15-17-10-6-4-7-11-17/h4-14H,15H2,1-3H3. The van der Waals surface area contributed by atoms with Gasteiger partial charge in [-0.05, 0) is 30.7 Å². The second-order valence-electron chi connectivity index (χ2n) is 6.24. The number of anilines is 2. The first-order valence-electron chi connectivity index (χ1n) is 8.48. The molecule has 0 saturated carbocycles. The first-order valence-corrected chi connectivity index (χ1v) is 8.48. The lowest BCUT2D eigenvalue weighted by molar-refractivity contribution is 0.0988. The Hall–Kier alpha value is -3.21. The van der Waals surface area contributed by atoms with Gasteiger partial charge in [0.25, 0.3) is 5.91 Å². The predicted octanol–water partition coefficient (Wildman–Crippen LogP) is 3.70. The monoisotopic (exact) mass is 346 g/mol.